The van der Waals surface area contributed by atoms with Crippen LogP contribution in [-0.2, 0) is 32.4 Å². The van der Waals surface area contributed by atoms with Crippen LogP contribution < -0.4 is 10.5 Å². The lowest BCUT2D eigenvalue weighted by molar-refractivity contribution is -0.119. The summed E-state index contributed by atoms with van der Waals surface area (Å²) in [5.74, 6) is -1.20. The predicted molar refractivity (Wildman–Crippen MR) is 127 cm³/mol. The van der Waals surface area contributed by atoms with Crippen LogP contribution in [-0.4, -0.2) is 48.4 Å². The first kappa shape index (κ1) is 24.6. The van der Waals surface area contributed by atoms with Gasteiger partial charge < -0.3 is 10.5 Å². The number of carbonyl (C=O) groups is 2. The van der Waals surface area contributed by atoms with E-state index >= 15 is 0 Å². The molecule has 2 aromatic carbocycles. The number of nitrogens with zero attached hydrogens (tertiary/aromatic N) is 3. The van der Waals surface area contributed by atoms with Crippen molar-refractivity contribution in [2.24, 2.45) is 5.73 Å². The summed E-state index contributed by atoms with van der Waals surface area (Å²) in [4.78, 5) is 24.0. The highest BCUT2D eigenvalue weighted by atomic mass is 32.2. The number of sulfonamides is 1. The molecule has 2 unspecified atom stereocenters. The van der Waals surface area contributed by atoms with Gasteiger partial charge >= 0.3 is 5.97 Å². The third kappa shape index (κ3) is 5.41. The number of nitrogens with two attached hydrogens (primary N) is 1. The average Bonchev–Trinajstić information content (AvgIpc) is 3.30. The molecule has 0 aliphatic heterocycles. The van der Waals surface area contributed by atoms with Crippen LogP contribution >= 0.6 is 0 Å². The summed E-state index contributed by atoms with van der Waals surface area (Å²) in [5.41, 5.74) is 9.42. The maximum atomic E-state index is 12.7. The molecule has 1 heterocycles. The van der Waals surface area contributed by atoms with E-state index in [0.717, 1.165) is 36.0 Å². The molecule has 10 nitrogen and oxygen atoms in total. The van der Waals surface area contributed by atoms with Crippen LogP contribution in [0.15, 0.2) is 53.6 Å². The fourth-order valence-electron chi connectivity index (χ4n) is 4.25. The maximum absolute atomic E-state index is 12.7. The van der Waals surface area contributed by atoms with E-state index in [2.05, 4.69) is 15.0 Å². The number of esters is 1. The minimum absolute atomic E-state index is 0.0404. The quantitative estimate of drug-likeness (QED) is 0.450. The number of methoxy groups -OCH3 is 1. The lowest BCUT2D eigenvalue weighted by Gasteiger charge is -2.25. The van der Waals surface area contributed by atoms with Crippen LogP contribution in [0, 0.1) is 6.92 Å². The van der Waals surface area contributed by atoms with Crippen molar-refractivity contribution in [2.45, 2.75) is 49.6 Å². The summed E-state index contributed by atoms with van der Waals surface area (Å²) >= 11 is 0. The van der Waals surface area contributed by atoms with E-state index in [4.69, 9.17) is 10.5 Å². The number of nitrogens with one attached hydrogen (secondary N) is 1. The second-order valence-electron chi connectivity index (χ2n) is 8.60. The standard InChI is InChI=1S/C24H27N5O5S/c1-15-6-9-19(10-7-15)35(32,33)27-21(23(25)30)13-18-14-29(28-26-18)22-5-3-4-16-12-17(24(31)34-2)8-11-20(16)22/h6-12,14,21-22,27H,3-5,13H2,1-2H3,(H2,25,30). The topological polar surface area (TPSA) is 146 Å². The van der Waals surface area contributed by atoms with E-state index in [1.54, 1.807) is 29.1 Å². The lowest BCUT2D eigenvalue weighted by Crippen LogP contribution is -2.45. The van der Waals surface area contributed by atoms with Gasteiger partial charge in [-0.3, -0.25) is 4.79 Å². The summed E-state index contributed by atoms with van der Waals surface area (Å²) in [6, 6.07) is 10.5. The Hall–Kier alpha value is -3.57. The second-order valence-corrected chi connectivity index (χ2v) is 10.3. The molecule has 1 aromatic heterocycles. The zero-order valence-corrected chi connectivity index (χ0v) is 20.3. The zero-order chi connectivity index (χ0) is 25.2. The SMILES string of the molecule is COC(=O)c1ccc2c(c1)CCCC2n1cc(CC(NS(=O)(=O)c2ccc(C)cc2)C(N)=O)nn1. The van der Waals surface area contributed by atoms with Crippen molar-refractivity contribution in [3.63, 3.8) is 0 Å². The highest BCUT2D eigenvalue weighted by Crippen LogP contribution is 2.33. The number of hydrogen-bond acceptors (Lipinski definition) is 7. The molecule has 35 heavy (non-hydrogen) atoms. The molecular formula is C24H27N5O5S. The molecular weight excluding hydrogens is 470 g/mol. The summed E-state index contributed by atoms with van der Waals surface area (Å²) in [5, 5.41) is 8.39. The van der Waals surface area contributed by atoms with Crippen molar-refractivity contribution in [3.05, 3.63) is 76.6 Å². The van der Waals surface area contributed by atoms with E-state index in [1.807, 2.05) is 19.1 Å². The molecule has 0 saturated carbocycles. The Morgan fingerprint density at radius 1 is 1.23 bits per heavy atom. The predicted octanol–water partition coefficient (Wildman–Crippen LogP) is 1.67. The number of aryl methyl sites for hydroxylation is 2. The van der Waals surface area contributed by atoms with E-state index in [9.17, 15) is 18.0 Å². The molecule has 0 radical (unpaired) electrons. The van der Waals surface area contributed by atoms with E-state index in [-0.39, 0.29) is 23.3 Å². The van der Waals surface area contributed by atoms with Gasteiger partial charge in [0.1, 0.15) is 6.04 Å². The normalized spacial score (nSPS) is 16.3. The van der Waals surface area contributed by atoms with Crippen LogP contribution in [0.4, 0.5) is 0 Å². The molecule has 2 atom stereocenters. The van der Waals surface area contributed by atoms with Gasteiger partial charge in [-0.05, 0) is 61.6 Å². The summed E-state index contributed by atoms with van der Waals surface area (Å²) < 4.78 is 34.4. The molecule has 3 N–H and O–H groups in total. The first-order chi connectivity index (χ1) is 16.7. The van der Waals surface area contributed by atoms with E-state index in [0.29, 0.717) is 11.3 Å². The summed E-state index contributed by atoms with van der Waals surface area (Å²) in [7, 11) is -2.60. The molecule has 0 saturated heterocycles. The number of carbonyl (C=O) groups excluding carboxylic acids is 2. The highest BCUT2D eigenvalue weighted by molar-refractivity contribution is 7.89. The number of rotatable bonds is 8. The van der Waals surface area contributed by atoms with Gasteiger partial charge in [0.15, 0.2) is 0 Å². The number of primary amides is 1. The molecule has 0 spiro atoms. The minimum Gasteiger partial charge on any atom is -0.465 e. The van der Waals surface area contributed by atoms with Crippen molar-refractivity contribution in [1.82, 2.24) is 19.7 Å². The van der Waals surface area contributed by atoms with Crippen LogP contribution in [0.1, 0.15) is 51.6 Å². The third-order valence-electron chi connectivity index (χ3n) is 6.11. The van der Waals surface area contributed by atoms with Crippen LogP contribution in [0.25, 0.3) is 0 Å². The molecule has 0 bridgehead atoms. The number of fused-ring (bicyclic) bond motifs is 1. The highest BCUT2D eigenvalue weighted by Gasteiger charge is 2.27. The Kier molecular flexibility index (Phi) is 6.99. The Morgan fingerprint density at radius 3 is 2.66 bits per heavy atom. The van der Waals surface area contributed by atoms with Crippen LogP contribution in [0.5, 0.6) is 0 Å². The Bertz CT molecular complexity index is 1350. The number of aromatic nitrogens is 3. The average molecular weight is 498 g/mol. The third-order valence-corrected chi connectivity index (χ3v) is 7.60. The fraction of sp³-hybridized carbons (Fsp3) is 0.333. The van der Waals surface area contributed by atoms with Crippen LogP contribution in [0.3, 0.4) is 0 Å². The van der Waals surface area contributed by atoms with Gasteiger partial charge in [0, 0.05) is 12.6 Å². The molecule has 11 heteroatoms. The fourth-order valence-corrected chi connectivity index (χ4v) is 5.45. The molecule has 1 aliphatic rings. The Labute approximate surface area is 203 Å². The molecule has 184 valence electrons. The van der Waals surface area contributed by atoms with Gasteiger partial charge in [0.05, 0.1) is 29.3 Å². The van der Waals surface area contributed by atoms with Crippen LogP contribution in [0.2, 0.25) is 0 Å². The summed E-state index contributed by atoms with van der Waals surface area (Å²) in [6.07, 6.45) is 4.22. The monoisotopic (exact) mass is 497 g/mol. The first-order valence-electron chi connectivity index (χ1n) is 11.2. The molecule has 1 aliphatic carbocycles. The second kappa shape index (κ2) is 9.96. The summed E-state index contributed by atoms with van der Waals surface area (Å²) in [6.45, 7) is 1.85. The number of amides is 1. The first-order valence-corrected chi connectivity index (χ1v) is 12.7. The molecule has 3 aromatic rings. The van der Waals surface area contributed by atoms with E-state index < -0.39 is 22.0 Å². The van der Waals surface area contributed by atoms with Gasteiger partial charge in [-0.2, -0.15) is 4.72 Å². The largest absolute Gasteiger partial charge is 0.465 e. The van der Waals surface area contributed by atoms with Gasteiger partial charge in [0.2, 0.25) is 15.9 Å². The van der Waals surface area contributed by atoms with Crippen molar-refractivity contribution in [1.29, 1.82) is 0 Å². The number of ether oxygens (including phenoxy) is 1. The number of hydrogen-bond donors (Lipinski definition) is 2. The molecule has 4 rings (SSSR count). The molecule has 1 amide bonds. The van der Waals surface area contributed by atoms with Gasteiger partial charge in [-0.15, -0.1) is 5.10 Å². The van der Waals surface area contributed by atoms with Crippen molar-refractivity contribution in [3.8, 4) is 0 Å². The van der Waals surface area contributed by atoms with Gasteiger partial charge in [-0.25, -0.2) is 17.9 Å². The number of benzene rings is 2. The Balaban J connectivity index is 1.53. The lowest BCUT2D eigenvalue weighted by atomic mass is 9.86. The van der Waals surface area contributed by atoms with E-state index in [1.165, 1.54) is 19.2 Å². The van der Waals surface area contributed by atoms with Gasteiger partial charge in [0.25, 0.3) is 0 Å². The van der Waals surface area contributed by atoms with Crippen molar-refractivity contribution >= 4 is 21.9 Å². The van der Waals surface area contributed by atoms with Crippen molar-refractivity contribution in [2.75, 3.05) is 7.11 Å². The zero-order valence-electron chi connectivity index (χ0n) is 19.5. The smallest absolute Gasteiger partial charge is 0.337 e. The minimum atomic E-state index is -3.95. The van der Waals surface area contributed by atoms with Gasteiger partial charge in [-0.1, -0.05) is 29.0 Å². The van der Waals surface area contributed by atoms with Crippen molar-refractivity contribution < 1.29 is 22.7 Å². The molecule has 0 fully saturated rings. The Morgan fingerprint density at radius 2 is 1.97 bits per heavy atom. The maximum Gasteiger partial charge on any atom is 0.337 e.